The van der Waals surface area contributed by atoms with Gasteiger partial charge in [-0.2, -0.15) is 4.31 Å². The fraction of sp³-hybridized carbons (Fsp3) is 0.300. The molecule has 1 aliphatic rings. The highest BCUT2D eigenvalue weighted by atomic mass is 32.2. The van der Waals surface area contributed by atoms with Crippen molar-refractivity contribution in [3.8, 4) is 5.75 Å². The number of amides is 1. The summed E-state index contributed by atoms with van der Waals surface area (Å²) in [5, 5.41) is 0. The Morgan fingerprint density at radius 1 is 1.03 bits per heavy atom. The maximum Gasteiger partial charge on any atom is 0.254 e. The minimum Gasteiger partial charge on any atom is -0.497 e. The van der Waals surface area contributed by atoms with E-state index in [1.807, 2.05) is 17.7 Å². The lowest BCUT2D eigenvalue weighted by molar-refractivity contribution is 0.0698. The molecule has 0 aliphatic carbocycles. The van der Waals surface area contributed by atoms with Crippen LogP contribution in [0.15, 0.2) is 53.7 Å². The number of rotatable bonds is 4. The van der Waals surface area contributed by atoms with Crippen LogP contribution >= 0.6 is 0 Å². The van der Waals surface area contributed by atoms with Crippen LogP contribution in [-0.2, 0) is 17.1 Å². The lowest BCUT2D eigenvalue weighted by Crippen LogP contribution is -2.50. The van der Waals surface area contributed by atoms with Gasteiger partial charge in [0.05, 0.1) is 29.4 Å². The predicted octanol–water partition coefficient (Wildman–Crippen LogP) is 1.73. The molecule has 9 heteroatoms. The number of ether oxygens (including phenoxy) is 1. The third kappa shape index (κ3) is 3.58. The summed E-state index contributed by atoms with van der Waals surface area (Å²) in [5.74, 6) is 0.489. The Hall–Kier alpha value is -2.91. The summed E-state index contributed by atoms with van der Waals surface area (Å²) in [6.07, 6.45) is 1.71. The minimum atomic E-state index is -3.60. The summed E-state index contributed by atoms with van der Waals surface area (Å²) in [5.41, 5.74) is 2.28. The van der Waals surface area contributed by atoms with E-state index < -0.39 is 10.0 Å². The molecule has 1 amide bonds. The number of methoxy groups -OCH3 is 1. The molecule has 152 valence electrons. The van der Waals surface area contributed by atoms with Gasteiger partial charge >= 0.3 is 0 Å². The summed E-state index contributed by atoms with van der Waals surface area (Å²) < 4.78 is 34.1. The van der Waals surface area contributed by atoms with Crippen LogP contribution in [0.2, 0.25) is 0 Å². The predicted molar refractivity (Wildman–Crippen MR) is 108 cm³/mol. The highest BCUT2D eigenvalue weighted by Gasteiger charge is 2.30. The Morgan fingerprint density at radius 2 is 1.72 bits per heavy atom. The van der Waals surface area contributed by atoms with Crippen molar-refractivity contribution in [1.29, 1.82) is 0 Å². The standard InChI is InChI=1S/C20H22N4O4S/c1-22-14-21-18-13-15(3-8-19(18)22)20(25)23-9-11-24(12-10-23)29(26,27)17-6-4-16(28-2)5-7-17/h3-8,13-14H,9-12H2,1-2H3. The monoisotopic (exact) mass is 414 g/mol. The topological polar surface area (TPSA) is 84.7 Å². The largest absolute Gasteiger partial charge is 0.497 e. The van der Waals surface area contributed by atoms with Gasteiger partial charge in [-0.15, -0.1) is 0 Å². The number of hydrogen-bond donors (Lipinski definition) is 0. The summed E-state index contributed by atoms with van der Waals surface area (Å²) in [4.78, 5) is 19.1. The van der Waals surface area contributed by atoms with Crippen LogP contribution < -0.4 is 4.74 Å². The molecule has 0 spiro atoms. The first kappa shape index (κ1) is 19.4. The van der Waals surface area contributed by atoms with E-state index in [2.05, 4.69) is 4.98 Å². The van der Waals surface area contributed by atoms with E-state index in [-0.39, 0.29) is 23.9 Å². The number of fused-ring (bicyclic) bond motifs is 1. The fourth-order valence-electron chi connectivity index (χ4n) is 3.48. The molecule has 0 bridgehead atoms. The Labute approximate surface area is 169 Å². The molecule has 4 rings (SSSR count). The van der Waals surface area contributed by atoms with E-state index in [4.69, 9.17) is 4.74 Å². The lowest BCUT2D eigenvalue weighted by Gasteiger charge is -2.34. The zero-order chi connectivity index (χ0) is 20.6. The summed E-state index contributed by atoms with van der Waals surface area (Å²) in [6.45, 7) is 1.20. The van der Waals surface area contributed by atoms with Crippen molar-refractivity contribution in [1.82, 2.24) is 18.8 Å². The quantitative estimate of drug-likeness (QED) is 0.649. The maximum atomic E-state index is 12.9. The molecule has 0 radical (unpaired) electrons. The molecule has 2 heterocycles. The summed E-state index contributed by atoms with van der Waals surface area (Å²) >= 11 is 0. The first-order chi connectivity index (χ1) is 13.9. The van der Waals surface area contributed by atoms with Gasteiger partial charge < -0.3 is 14.2 Å². The van der Waals surface area contributed by atoms with Crippen LogP contribution in [0.3, 0.4) is 0 Å². The van der Waals surface area contributed by atoms with E-state index in [1.165, 1.54) is 23.5 Å². The molecule has 0 atom stereocenters. The number of piperazine rings is 1. The van der Waals surface area contributed by atoms with E-state index in [9.17, 15) is 13.2 Å². The SMILES string of the molecule is COc1ccc(S(=O)(=O)N2CCN(C(=O)c3ccc4c(c3)ncn4C)CC2)cc1. The molecule has 1 aliphatic heterocycles. The second kappa shape index (κ2) is 7.49. The molecule has 0 saturated carbocycles. The highest BCUT2D eigenvalue weighted by molar-refractivity contribution is 7.89. The Balaban J connectivity index is 1.45. The van der Waals surface area contributed by atoms with Crippen LogP contribution in [0.5, 0.6) is 5.75 Å². The first-order valence-electron chi connectivity index (χ1n) is 9.25. The Kier molecular flexibility index (Phi) is 5.01. The van der Waals surface area contributed by atoms with Gasteiger partial charge in [0, 0.05) is 38.8 Å². The number of benzene rings is 2. The molecule has 3 aromatic rings. The molecule has 29 heavy (non-hydrogen) atoms. The third-order valence-electron chi connectivity index (χ3n) is 5.20. The van der Waals surface area contributed by atoms with Crippen molar-refractivity contribution in [2.45, 2.75) is 4.90 Å². The van der Waals surface area contributed by atoms with Gasteiger partial charge in [0.15, 0.2) is 0 Å². The van der Waals surface area contributed by atoms with Gasteiger partial charge in [0.1, 0.15) is 5.75 Å². The van der Waals surface area contributed by atoms with E-state index in [0.717, 1.165) is 11.0 Å². The Morgan fingerprint density at radius 3 is 2.38 bits per heavy atom. The number of carbonyl (C=O) groups is 1. The molecule has 8 nitrogen and oxygen atoms in total. The highest BCUT2D eigenvalue weighted by Crippen LogP contribution is 2.22. The van der Waals surface area contributed by atoms with Crippen LogP contribution in [0.1, 0.15) is 10.4 Å². The molecule has 0 N–H and O–H groups in total. The lowest BCUT2D eigenvalue weighted by atomic mass is 10.1. The molecule has 1 aromatic heterocycles. The molecule has 1 fully saturated rings. The second-order valence-corrected chi connectivity index (χ2v) is 8.87. The number of imidazole rings is 1. The molecule has 0 unspecified atom stereocenters. The maximum absolute atomic E-state index is 12.9. The minimum absolute atomic E-state index is 0.112. The van der Waals surface area contributed by atoms with Gasteiger partial charge in [-0.05, 0) is 42.5 Å². The average molecular weight is 414 g/mol. The molecule has 1 saturated heterocycles. The molecular weight excluding hydrogens is 392 g/mol. The number of carbonyl (C=O) groups excluding carboxylic acids is 1. The van der Waals surface area contributed by atoms with Crippen LogP contribution in [-0.4, -0.2) is 66.4 Å². The van der Waals surface area contributed by atoms with Crippen LogP contribution in [0, 0.1) is 0 Å². The van der Waals surface area contributed by atoms with Crippen LogP contribution in [0.4, 0.5) is 0 Å². The van der Waals surface area contributed by atoms with Gasteiger partial charge in [-0.25, -0.2) is 13.4 Å². The van der Waals surface area contributed by atoms with Crippen molar-refractivity contribution >= 4 is 27.0 Å². The van der Waals surface area contributed by atoms with Crippen molar-refractivity contribution in [2.24, 2.45) is 7.05 Å². The number of hydrogen-bond acceptors (Lipinski definition) is 5. The van der Waals surface area contributed by atoms with Crippen molar-refractivity contribution < 1.29 is 17.9 Å². The molecule has 2 aromatic carbocycles. The normalized spacial score (nSPS) is 15.6. The fourth-order valence-corrected chi connectivity index (χ4v) is 4.90. The van der Waals surface area contributed by atoms with Crippen molar-refractivity contribution in [3.05, 3.63) is 54.4 Å². The first-order valence-corrected chi connectivity index (χ1v) is 10.7. The average Bonchev–Trinajstić information content (AvgIpc) is 3.13. The third-order valence-corrected chi connectivity index (χ3v) is 7.11. The van der Waals surface area contributed by atoms with Crippen molar-refractivity contribution in [3.63, 3.8) is 0 Å². The zero-order valence-electron chi connectivity index (χ0n) is 16.3. The number of aryl methyl sites for hydroxylation is 1. The molecular formula is C20H22N4O4S. The van der Waals surface area contributed by atoms with Gasteiger partial charge in [-0.3, -0.25) is 4.79 Å². The Bertz CT molecular complexity index is 1150. The summed E-state index contributed by atoms with van der Waals surface area (Å²) in [7, 11) is -0.165. The number of sulfonamides is 1. The van der Waals surface area contributed by atoms with E-state index in [0.29, 0.717) is 24.4 Å². The second-order valence-electron chi connectivity index (χ2n) is 6.93. The van der Waals surface area contributed by atoms with Crippen LogP contribution in [0.25, 0.3) is 11.0 Å². The van der Waals surface area contributed by atoms with Gasteiger partial charge in [0.25, 0.3) is 5.91 Å². The number of aromatic nitrogens is 2. The zero-order valence-corrected chi connectivity index (χ0v) is 17.1. The van der Waals surface area contributed by atoms with E-state index in [1.54, 1.807) is 35.5 Å². The van der Waals surface area contributed by atoms with Gasteiger partial charge in [0.2, 0.25) is 10.0 Å². The van der Waals surface area contributed by atoms with E-state index >= 15 is 0 Å². The summed E-state index contributed by atoms with van der Waals surface area (Å²) in [6, 6.07) is 11.8. The van der Waals surface area contributed by atoms with Crippen molar-refractivity contribution in [2.75, 3.05) is 33.3 Å². The number of nitrogens with zero attached hydrogens (tertiary/aromatic N) is 4. The smallest absolute Gasteiger partial charge is 0.254 e. The van der Waals surface area contributed by atoms with Gasteiger partial charge in [-0.1, -0.05) is 0 Å².